The molecule has 4 aromatic heterocycles. The fraction of sp³-hybridized carbons (Fsp3) is 0.409. The molecule has 0 saturated heterocycles. The van der Waals surface area contributed by atoms with Crippen LogP contribution in [0.5, 0.6) is 0 Å². The van der Waals surface area contributed by atoms with Gasteiger partial charge in [0.1, 0.15) is 11.6 Å². The van der Waals surface area contributed by atoms with Crippen molar-refractivity contribution in [3.63, 3.8) is 0 Å². The fourth-order valence-electron chi connectivity index (χ4n) is 4.42. The van der Waals surface area contributed by atoms with Crippen molar-refractivity contribution in [1.82, 2.24) is 39.6 Å². The Bertz CT molecular complexity index is 1170. The monoisotopic (exact) mass is 402 g/mol. The largest absolute Gasteiger partial charge is 0.329 e. The zero-order chi connectivity index (χ0) is 20.5. The van der Waals surface area contributed by atoms with Crippen LogP contribution in [0, 0.1) is 0 Å². The lowest BCUT2D eigenvalue weighted by atomic mass is 10.1. The second-order valence-electron chi connectivity index (χ2n) is 8.00. The van der Waals surface area contributed by atoms with Crippen molar-refractivity contribution in [2.45, 2.75) is 44.7 Å². The van der Waals surface area contributed by atoms with Gasteiger partial charge in [-0.15, -0.1) is 0 Å². The zero-order valence-electron chi connectivity index (χ0n) is 17.4. The fourth-order valence-corrected chi connectivity index (χ4v) is 4.42. The van der Waals surface area contributed by atoms with Gasteiger partial charge in [0.05, 0.1) is 35.2 Å². The average Bonchev–Trinajstić information content (AvgIpc) is 3.49. The summed E-state index contributed by atoms with van der Waals surface area (Å²) in [5.41, 5.74) is 5.03. The molecule has 4 aromatic rings. The first kappa shape index (κ1) is 18.9. The highest BCUT2D eigenvalue weighted by Gasteiger charge is 2.23. The summed E-state index contributed by atoms with van der Waals surface area (Å²) >= 11 is 0. The first-order valence-electron chi connectivity index (χ1n) is 10.5. The molecule has 5 rings (SSSR count). The molecule has 1 aliphatic rings. The van der Waals surface area contributed by atoms with E-state index >= 15 is 0 Å². The molecule has 1 fully saturated rings. The number of imidazole rings is 1. The summed E-state index contributed by atoms with van der Waals surface area (Å²) in [6.07, 6.45) is 12.5. The van der Waals surface area contributed by atoms with Gasteiger partial charge in [-0.3, -0.25) is 9.67 Å². The van der Waals surface area contributed by atoms with Gasteiger partial charge < -0.3 is 9.88 Å². The van der Waals surface area contributed by atoms with Gasteiger partial charge >= 0.3 is 0 Å². The van der Waals surface area contributed by atoms with Gasteiger partial charge in [-0.25, -0.2) is 15.0 Å². The summed E-state index contributed by atoms with van der Waals surface area (Å²) < 4.78 is 4.02. The Balaban J connectivity index is 1.32. The molecular formula is C22H26N8. The van der Waals surface area contributed by atoms with Crippen molar-refractivity contribution in [1.29, 1.82) is 0 Å². The van der Waals surface area contributed by atoms with Gasteiger partial charge in [0, 0.05) is 50.7 Å². The van der Waals surface area contributed by atoms with Crippen LogP contribution in [0.4, 0.5) is 0 Å². The number of aryl methyl sites for hydroxylation is 2. The predicted molar refractivity (Wildman–Crippen MR) is 114 cm³/mol. The van der Waals surface area contributed by atoms with Crippen LogP contribution in [-0.2, 0) is 27.2 Å². The highest BCUT2D eigenvalue weighted by atomic mass is 15.2. The second kappa shape index (κ2) is 7.95. The number of hydrogen-bond donors (Lipinski definition) is 1. The van der Waals surface area contributed by atoms with E-state index in [4.69, 9.17) is 4.98 Å². The van der Waals surface area contributed by atoms with Crippen LogP contribution in [0.15, 0.2) is 36.9 Å². The van der Waals surface area contributed by atoms with E-state index in [1.165, 1.54) is 31.5 Å². The number of aromatic nitrogens is 7. The summed E-state index contributed by atoms with van der Waals surface area (Å²) in [5.74, 6) is 2.52. The van der Waals surface area contributed by atoms with E-state index in [-0.39, 0.29) is 0 Å². The average molecular weight is 403 g/mol. The molecule has 154 valence electrons. The molecule has 0 atom stereocenters. The lowest BCUT2D eigenvalue weighted by Crippen LogP contribution is -2.16. The van der Waals surface area contributed by atoms with Crippen molar-refractivity contribution in [3.8, 4) is 11.3 Å². The topological polar surface area (TPSA) is 86.3 Å². The molecule has 0 aliphatic heterocycles. The van der Waals surface area contributed by atoms with Gasteiger partial charge in [0.25, 0.3) is 0 Å². The molecule has 30 heavy (non-hydrogen) atoms. The molecule has 8 heteroatoms. The SMILES string of the molecule is Cn1cc(-c2ccnc(CNCc3nccc4nc(C5CCCC5)n(C)c34)n2)cn1. The molecule has 0 radical (unpaired) electrons. The van der Waals surface area contributed by atoms with Crippen LogP contribution in [0.2, 0.25) is 0 Å². The molecule has 0 unspecified atom stereocenters. The van der Waals surface area contributed by atoms with Gasteiger partial charge in [0.2, 0.25) is 0 Å². The highest BCUT2D eigenvalue weighted by Crippen LogP contribution is 2.35. The van der Waals surface area contributed by atoms with Crippen molar-refractivity contribution in [3.05, 3.63) is 54.3 Å². The summed E-state index contributed by atoms with van der Waals surface area (Å²) in [5, 5.41) is 7.67. The van der Waals surface area contributed by atoms with Crippen LogP contribution >= 0.6 is 0 Å². The molecule has 1 aliphatic carbocycles. The molecule has 1 N–H and O–H groups in total. The Morgan fingerprint density at radius 1 is 1.03 bits per heavy atom. The number of rotatable bonds is 6. The molecule has 8 nitrogen and oxygen atoms in total. The van der Waals surface area contributed by atoms with E-state index in [1.54, 1.807) is 10.9 Å². The summed E-state index contributed by atoms with van der Waals surface area (Å²) in [6, 6.07) is 3.92. The molecule has 0 amide bonds. The van der Waals surface area contributed by atoms with Crippen LogP contribution < -0.4 is 5.32 Å². The lowest BCUT2D eigenvalue weighted by molar-refractivity contribution is 0.632. The Labute approximate surface area is 175 Å². The molecular weight excluding hydrogens is 376 g/mol. The lowest BCUT2D eigenvalue weighted by Gasteiger charge is -2.10. The second-order valence-corrected chi connectivity index (χ2v) is 8.00. The minimum absolute atomic E-state index is 0.569. The standard InChI is InChI=1S/C22H26N8/c1-29-14-16(11-26-29)17-7-10-25-20(27-17)13-23-12-19-21-18(8-9-24-19)28-22(30(21)2)15-5-3-4-6-15/h7-11,14-15,23H,3-6,12-13H2,1-2H3. The van der Waals surface area contributed by atoms with E-state index < -0.39 is 0 Å². The van der Waals surface area contributed by atoms with E-state index in [0.29, 0.717) is 19.0 Å². The zero-order valence-corrected chi connectivity index (χ0v) is 17.4. The van der Waals surface area contributed by atoms with E-state index in [2.05, 4.69) is 37.0 Å². The normalized spacial score (nSPS) is 14.7. The quantitative estimate of drug-likeness (QED) is 0.533. The molecule has 4 heterocycles. The molecule has 0 bridgehead atoms. The summed E-state index contributed by atoms with van der Waals surface area (Å²) in [4.78, 5) is 18.6. The van der Waals surface area contributed by atoms with Crippen molar-refractivity contribution >= 4 is 11.0 Å². The molecule has 1 saturated carbocycles. The highest BCUT2D eigenvalue weighted by molar-refractivity contribution is 5.78. The van der Waals surface area contributed by atoms with E-state index in [1.807, 2.05) is 37.8 Å². The number of nitrogens with one attached hydrogen (secondary N) is 1. The molecule has 0 spiro atoms. The Hall–Kier alpha value is -3.13. The number of fused-ring (bicyclic) bond motifs is 1. The predicted octanol–water partition coefficient (Wildman–Crippen LogP) is 3.11. The third-order valence-electron chi connectivity index (χ3n) is 5.89. The van der Waals surface area contributed by atoms with Crippen molar-refractivity contribution in [2.24, 2.45) is 14.1 Å². The smallest absolute Gasteiger partial charge is 0.142 e. The van der Waals surface area contributed by atoms with Crippen LogP contribution in [0.25, 0.3) is 22.3 Å². The maximum atomic E-state index is 4.93. The third kappa shape index (κ3) is 3.59. The summed E-state index contributed by atoms with van der Waals surface area (Å²) in [7, 11) is 4.02. The number of nitrogens with zero attached hydrogens (tertiary/aromatic N) is 7. The molecule has 0 aromatic carbocycles. The van der Waals surface area contributed by atoms with E-state index in [0.717, 1.165) is 33.8 Å². The maximum Gasteiger partial charge on any atom is 0.142 e. The number of pyridine rings is 1. The third-order valence-corrected chi connectivity index (χ3v) is 5.89. The van der Waals surface area contributed by atoms with Crippen LogP contribution in [0.1, 0.15) is 48.9 Å². The minimum Gasteiger partial charge on any atom is -0.329 e. The van der Waals surface area contributed by atoms with E-state index in [9.17, 15) is 0 Å². The van der Waals surface area contributed by atoms with Gasteiger partial charge in [0.15, 0.2) is 0 Å². The summed E-state index contributed by atoms with van der Waals surface area (Å²) in [6.45, 7) is 1.21. The maximum absolute atomic E-state index is 4.93. The van der Waals surface area contributed by atoms with Crippen molar-refractivity contribution in [2.75, 3.05) is 0 Å². The van der Waals surface area contributed by atoms with Crippen LogP contribution in [-0.4, -0.2) is 34.3 Å². The van der Waals surface area contributed by atoms with Gasteiger partial charge in [-0.05, 0) is 25.0 Å². The minimum atomic E-state index is 0.569. The number of hydrogen-bond acceptors (Lipinski definition) is 6. The van der Waals surface area contributed by atoms with Crippen molar-refractivity contribution < 1.29 is 0 Å². The Morgan fingerprint density at radius 2 is 1.87 bits per heavy atom. The van der Waals surface area contributed by atoms with Crippen LogP contribution in [0.3, 0.4) is 0 Å². The Morgan fingerprint density at radius 3 is 2.67 bits per heavy atom. The van der Waals surface area contributed by atoms with Gasteiger partial charge in [-0.1, -0.05) is 12.8 Å². The first-order valence-corrected chi connectivity index (χ1v) is 10.5. The first-order chi connectivity index (χ1) is 14.7. The Kier molecular flexibility index (Phi) is 5.00. The van der Waals surface area contributed by atoms with Gasteiger partial charge in [-0.2, -0.15) is 5.10 Å².